The normalized spacial score (nSPS) is 11.7. The monoisotopic (exact) mass is 382 g/mol. The highest BCUT2D eigenvalue weighted by molar-refractivity contribution is 9.10. The van der Waals surface area contributed by atoms with Crippen molar-refractivity contribution < 1.29 is 13.2 Å². The Balaban J connectivity index is 2.90. The number of nitrogens with zero attached hydrogens (tertiary/aromatic N) is 1. The lowest BCUT2D eigenvalue weighted by molar-refractivity contribution is -0.137. The van der Waals surface area contributed by atoms with E-state index in [1.54, 1.807) is 0 Å². The van der Waals surface area contributed by atoms with E-state index in [9.17, 15) is 22.8 Å². The maximum atomic E-state index is 13.1. The van der Waals surface area contributed by atoms with Crippen LogP contribution in [-0.4, -0.2) is 9.55 Å². The molecule has 1 aromatic carbocycles. The number of nitrogens with one attached hydrogen (secondary N) is 1. The quantitative estimate of drug-likeness (QED) is 0.769. The summed E-state index contributed by atoms with van der Waals surface area (Å²) in [7, 11) is 0. The van der Waals surface area contributed by atoms with Gasteiger partial charge in [0, 0.05) is 4.47 Å². The van der Waals surface area contributed by atoms with Crippen LogP contribution in [0, 0.1) is 6.92 Å². The molecule has 0 aliphatic rings. The Labute approximate surface area is 129 Å². The van der Waals surface area contributed by atoms with E-state index in [0.29, 0.717) is 4.57 Å². The van der Waals surface area contributed by atoms with Gasteiger partial charge < -0.3 is 0 Å². The summed E-state index contributed by atoms with van der Waals surface area (Å²) in [6.45, 7) is 1.31. The molecule has 0 unspecified atom stereocenters. The van der Waals surface area contributed by atoms with Crippen LogP contribution in [0.15, 0.2) is 32.3 Å². The standard InChI is InChI=1S/C12H7BrClF3N2O2/c1-5-9(14)18-11(21)19(10(5)20)8-3-2-6(13)4-7(8)12(15,16)17/h2-4H,1H3,(H,18,21). The summed E-state index contributed by atoms with van der Waals surface area (Å²) in [5.74, 6) is 0. The van der Waals surface area contributed by atoms with Crippen LogP contribution in [0.5, 0.6) is 0 Å². The highest BCUT2D eigenvalue weighted by Crippen LogP contribution is 2.34. The number of H-pyrrole nitrogens is 1. The van der Waals surface area contributed by atoms with Gasteiger partial charge in [0.15, 0.2) is 0 Å². The molecule has 112 valence electrons. The molecule has 0 radical (unpaired) electrons. The second-order valence-corrected chi connectivity index (χ2v) is 5.46. The molecule has 0 aliphatic heterocycles. The molecule has 2 rings (SSSR count). The summed E-state index contributed by atoms with van der Waals surface area (Å²) >= 11 is 8.56. The summed E-state index contributed by atoms with van der Waals surface area (Å²) in [4.78, 5) is 26.0. The molecule has 0 saturated heterocycles. The molecular formula is C12H7BrClF3N2O2. The van der Waals surface area contributed by atoms with Crippen LogP contribution >= 0.6 is 27.5 Å². The van der Waals surface area contributed by atoms with Gasteiger partial charge in [-0.1, -0.05) is 27.5 Å². The van der Waals surface area contributed by atoms with Gasteiger partial charge in [0.05, 0.1) is 16.8 Å². The zero-order valence-corrected chi connectivity index (χ0v) is 12.7. The molecule has 0 fully saturated rings. The molecule has 0 amide bonds. The Morgan fingerprint density at radius 3 is 2.48 bits per heavy atom. The second kappa shape index (κ2) is 5.34. The number of hydrogen-bond acceptors (Lipinski definition) is 2. The van der Waals surface area contributed by atoms with Crippen LogP contribution in [0.4, 0.5) is 13.2 Å². The predicted octanol–water partition coefficient (Wildman–Crippen LogP) is 3.27. The lowest BCUT2D eigenvalue weighted by Crippen LogP contribution is -2.36. The Kier molecular flexibility index (Phi) is 4.03. The molecule has 4 nitrogen and oxygen atoms in total. The number of hydrogen-bond donors (Lipinski definition) is 1. The van der Waals surface area contributed by atoms with E-state index in [4.69, 9.17) is 11.6 Å². The predicted molar refractivity (Wildman–Crippen MR) is 75.1 cm³/mol. The van der Waals surface area contributed by atoms with Crippen molar-refractivity contribution in [3.05, 3.63) is 59.8 Å². The van der Waals surface area contributed by atoms with Gasteiger partial charge in [0.1, 0.15) is 5.15 Å². The van der Waals surface area contributed by atoms with Crippen LogP contribution in [0.2, 0.25) is 5.15 Å². The average molecular weight is 384 g/mol. The first-order valence-corrected chi connectivity index (χ1v) is 6.68. The minimum Gasteiger partial charge on any atom is -0.297 e. The van der Waals surface area contributed by atoms with E-state index in [2.05, 4.69) is 20.9 Å². The Morgan fingerprint density at radius 2 is 1.90 bits per heavy atom. The fraction of sp³-hybridized carbons (Fsp3) is 0.167. The van der Waals surface area contributed by atoms with Crippen molar-refractivity contribution in [3.8, 4) is 5.69 Å². The summed E-state index contributed by atoms with van der Waals surface area (Å²) < 4.78 is 39.8. The van der Waals surface area contributed by atoms with Gasteiger partial charge in [0.2, 0.25) is 0 Å². The molecule has 21 heavy (non-hydrogen) atoms. The van der Waals surface area contributed by atoms with Crippen LogP contribution < -0.4 is 11.2 Å². The molecule has 0 aliphatic carbocycles. The molecule has 1 N–H and O–H groups in total. The molecule has 0 bridgehead atoms. The maximum Gasteiger partial charge on any atom is 0.418 e. The largest absolute Gasteiger partial charge is 0.418 e. The van der Waals surface area contributed by atoms with E-state index in [0.717, 1.165) is 12.1 Å². The second-order valence-electron chi connectivity index (χ2n) is 4.17. The third-order valence-corrected chi connectivity index (χ3v) is 3.65. The van der Waals surface area contributed by atoms with Gasteiger partial charge in [-0.2, -0.15) is 13.2 Å². The topological polar surface area (TPSA) is 54.9 Å². The first kappa shape index (κ1) is 15.8. The molecule has 0 spiro atoms. The molecular weight excluding hydrogens is 376 g/mol. The number of benzene rings is 1. The summed E-state index contributed by atoms with van der Waals surface area (Å²) in [5.41, 5.74) is -3.66. The number of rotatable bonds is 1. The van der Waals surface area contributed by atoms with E-state index in [1.165, 1.54) is 13.0 Å². The smallest absolute Gasteiger partial charge is 0.297 e. The first-order valence-electron chi connectivity index (χ1n) is 5.51. The van der Waals surface area contributed by atoms with Crippen molar-refractivity contribution in [1.82, 2.24) is 9.55 Å². The van der Waals surface area contributed by atoms with Crippen molar-refractivity contribution in [2.75, 3.05) is 0 Å². The number of halogens is 5. The zero-order valence-electron chi connectivity index (χ0n) is 10.4. The fourth-order valence-corrected chi connectivity index (χ4v) is 2.27. The van der Waals surface area contributed by atoms with Crippen molar-refractivity contribution in [1.29, 1.82) is 0 Å². The van der Waals surface area contributed by atoms with E-state index in [-0.39, 0.29) is 15.2 Å². The third kappa shape index (κ3) is 2.91. The van der Waals surface area contributed by atoms with E-state index < -0.39 is 28.7 Å². The highest BCUT2D eigenvalue weighted by Gasteiger charge is 2.35. The molecule has 1 aromatic heterocycles. The van der Waals surface area contributed by atoms with Crippen LogP contribution in [0.25, 0.3) is 5.69 Å². The molecule has 2 aromatic rings. The number of aromatic nitrogens is 2. The van der Waals surface area contributed by atoms with Gasteiger partial charge in [-0.15, -0.1) is 0 Å². The van der Waals surface area contributed by atoms with Crippen LogP contribution in [0.1, 0.15) is 11.1 Å². The minimum atomic E-state index is -4.72. The highest BCUT2D eigenvalue weighted by atomic mass is 79.9. The fourth-order valence-electron chi connectivity index (χ4n) is 1.75. The Bertz CT molecular complexity index is 827. The molecule has 9 heteroatoms. The van der Waals surface area contributed by atoms with Crippen molar-refractivity contribution >= 4 is 27.5 Å². The lowest BCUT2D eigenvalue weighted by Gasteiger charge is -2.14. The van der Waals surface area contributed by atoms with Gasteiger partial charge in [-0.3, -0.25) is 9.78 Å². The number of alkyl halides is 3. The average Bonchev–Trinajstić information content (AvgIpc) is 2.36. The third-order valence-electron chi connectivity index (χ3n) is 2.78. The maximum absolute atomic E-state index is 13.1. The summed E-state index contributed by atoms with van der Waals surface area (Å²) in [5, 5.41) is -0.202. The zero-order chi connectivity index (χ0) is 15.9. The molecule has 0 saturated carbocycles. The van der Waals surface area contributed by atoms with Crippen LogP contribution in [-0.2, 0) is 6.18 Å². The van der Waals surface area contributed by atoms with Gasteiger partial charge in [-0.05, 0) is 25.1 Å². The first-order chi connectivity index (χ1) is 9.62. The van der Waals surface area contributed by atoms with Gasteiger partial charge in [0.25, 0.3) is 5.56 Å². The molecule has 0 atom stereocenters. The lowest BCUT2D eigenvalue weighted by atomic mass is 10.1. The Morgan fingerprint density at radius 1 is 1.29 bits per heavy atom. The summed E-state index contributed by atoms with van der Waals surface area (Å²) in [6, 6.07) is 3.14. The minimum absolute atomic E-state index is 0.0488. The van der Waals surface area contributed by atoms with Crippen molar-refractivity contribution in [2.24, 2.45) is 0 Å². The van der Waals surface area contributed by atoms with Gasteiger partial charge in [-0.25, -0.2) is 9.36 Å². The number of aromatic amines is 1. The van der Waals surface area contributed by atoms with Crippen LogP contribution in [0.3, 0.4) is 0 Å². The van der Waals surface area contributed by atoms with E-state index >= 15 is 0 Å². The SMILES string of the molecule is Cc1c(Cl)[nH]c(=O)n(-c2ccc(Br)cc2C(F)(F)F)c1=O. The van der Waals surface area contributed by atoms with E-state index in [1.807, 2.05) is 0 Å². The van der Waals surface area contributed by atoms with Crippen molar-refractivity contribution in [3.63, 3.8) is 0 Å². The summed E-state index contributed by atoms with van der Waals surface area (Å²) in [6.07, 6.45) is -4.72. The molecule has 1 heterocycles. The Hall–Kier alpha value is -1.54. The van der Waals surface area contributed by atoms with Crippen molar-refractivity contribution in [2.45, 2.75) is 13.1 Å². The van der Waals surface area contributed by atoms with Gasteiger partial charge >= 0.3 is 11.9 Å².